The third-order valence-electron chi connectivity index (χ3n) is 6.59. The third kappa shape index (κ3) is 6.22. The van der Waals surface area contributed by atoms with E-state index in [1.54, 1.807) is 5.56 Å². The Kier molecular flexibility index (Phi) is 8.14. The molecule has 0 atom stereocenters. The summed E-state index contributed by atoms with van der Waals surface area (Å²) in [6.45, 7) is 2.44. The maximum atomic E-state index is 2.44. The lowest BCUT2D eigenvalue weighted by atomic mass is 9.68. The molecule has 1 aromatic carbocycles. The molecule has 3 rings (SSSR count). The molecular formula is C23H32I2. The van der Waals surface area contributed by atoms with E-state index in [0.29, 0.717) is 1.93 Å². The van der Waals surface area contributed by atoms with Crippen molar-refractivity contribution in [3.05, 3.63) is 47.5 Å². The Bertz CT molecular complexity index is 530. The molecular weight excluding hydrogens is 530 g/mol. The first-order chi connectivity index (χ1) is 12.1. The van der Waals surface area contributed by atoms with Crippen LogP contribution in [0.2, 0.25) is 0 Å². The van der Waals surface area contributed by atoms with Crippen LogP contribution in [0.3, 0.4) is 0 Å². The van der Waals surface area contributed by atoms with Crippen LogP contribution in [-0.2, 0) is 6.42 Å². The molecule has 0 radical (unpaired) electrons. The monoisotopic (exact) mass is 562 g/mol. The number of hydrogen-bond donors (Lipinski definition) is 0. The molecule has 0 N–H and O–H groups in total. The Hall–Kier alpha value is 0.420. The van der Waals surface area contributed by atoms with E-state index in [-0.39, 0.29) is 0 Å². The second kappa shape index (κ2) is 10.1. The second-order valence-electron chi connectivity index (χ2n) is 8.34. The average molecular weight is 562 g/mol. The molecule has 0 nitrogen and oxygen atoms in total. The molecule has 2 fully saturated rings. The first kappa shape index (κ1) is 20.2. The van der Waals surface area contributed by atoms with Gasteiger partial charge in [-0.3, -0.25) is 0 Å². The summed E-state index contributed by atoms with van der Waals surface area (Å²) in [5.74, 6) is 3.88. The largest absolute Gasteiger partial charge is 0.0823 e. The van der Waals surface area contributed by atoms with Gasteiger partial charge in [-0.15, -0.1) is 0 Å². The molecule has 2 aliphatic carbocycles. The lowest BCUT2D eigenvalue weighted by molar-refractivity contribution is 0.165. The molecule has 2 aliphatic rings. The van der Waals surface area contributed by atoms with Crippen molar-refractivity contribution in [2.45, 2.75) is 72.6 Å². The summed E-state index contributed by atoms with van der Waals surface area (Å²) in [4.78, 5) is 0. The van der Waals surface area contributed by atoms with Gasteiger partial charge in [-0.25, -0.2) is 0 Å². The van der Waals surface area contributed by atoms with Crippen LogP contribution in [0.15, 0.2) is 36.4 Å². The summed E-state index contributed by atoms with van der Waals surface area (Å²) in [7, 11) is 0. The molecule has 0 amide bonds. The predicted octanol–water partition coefficient (Wildman–Crippen LogP) is 8.08. The standard InChI is InChI=1S/C23H32I2/c1-17-5-9-19(10-6-17)21-13-15-22(16-14-21)20-11-7-18(8-12-20)3-2-4-23(24)25/h2,4,7-8,11-12,17,19,21-23H,3,5-6,9-10,13-16H2,1H3. The Morgan fingerprint density at radius 3 is 2.00 bits per heavy atom. The van der Waals surface area contributed by atoms with Gasteiger partial charge in [0.15, 0.2) is 0 Å². The highest BCUT2D eigenvalue weighted by Gasteiger charge is 2.30. The van der Waals surface area contributed by atoms with Gasteiger partial charge < -0.3 is 0 Å². The van der Waals surface area contributed by atoms with Gasteiger partial charge in [-0.2, -0.15) is 0 Å². The molecule has 0 saturated heterocycles. The molecule has 138 valence electrons. The Morgan fingerprint density at radius 2 is 1.44 bits per heavy atom. The molecule has 0 heterocycles. The fourth-order valence-corrected chi connectivity index (χ4v) is 5.50. The molecule has 0 bridgehead atoms. The predicted molar refractivity (Wildman–Crippen MR) is 127 cm³/mol. The smallest absolute Gasteiger partial charge is 0.0806 e. The SMILES string of the molecule is CC1CCC(C2CCC(c3ccc(CC=CC(I)I)cc3)CC2)CC1. The Morgan fingerprint density at radius 1 is 0.880 bits per heavy atom. The van der Waals surface area contributed by atoms with Crippen molar-refractivity contribution in [2.24, 2.45) is 17.8 Å². The van der Waals surface area contributed by atoms with E-state index in [9.17, 15) is 0 Å². The van der Waals surface area contributed by atoms with Crippen LogP contribution >= 0.6 is 45.2 Å². The summed E-state index contributed by atoms with van der Waals surface area (Å²) in [5, 5.41) is 0. The highest BCUT2D eigenvalue weighted by Crippen LogP contribution is 2.43. The van der Waals surface area contributed by atoms with E-state index < -0.39 is 0 Å². The first-order valence-corrected chi connectivity index (χ1v) is 12.6. The van der Waals surface area contributed by atoms with Gasteiger partial charge in [0.25, 0.3) is 0 Å². The zero-order valence-electron chi connectivity index (χ0n) is 15.5. The Labute approximate surface area is 181 Å². The lowest BCUT2D eigenvalue weighted by Crippen LogP contribution is -2.24. The van der Waals surface area contributed by atoms with Crippen molar-refractivity contribution in [3.8, 4) is 0 Å². The fraction of sp³-hybridized carbons (Fsp3) is 0.652. The molecule has 0 aliphatic heterocycles. The minimum atomic E-state index is 0.594. The molecule has 1 aromatic rings. The highest BCUT2D eigenvalue weighted by molar-refractivity contribution is 14.2. The van der Waals surface area contributed by atoms with Gasteiger partial charge in [-0.1, -0.05) is 101 Å². The lowest BCUT2D eigenvalue weighted by Gasteiger charge is -2.37. The number of benzene rings is 1. The van der Waals surface area contributed by atoms with Crippen molar-refractivity contribution in [2.75, 3.05) is 0 Å². The molecule has 2 heteroatoms. The maximum absolute atomic E-state index is 2.44. The molecule has 2 saturated carbocycles. The third-order valence-corrected chi connectivity index (χ3v) is 7.42. The van der Waals surface area contributed by atoms with Crippen LogP contribution in [0.25, 0.3) is 0 Å². The molecule has 0 spiro atoms. The number of allylic oxidation sites excluding steroid dienone is 2. The van der Waals surface area contributed by atoms with Crippen molar-refractivity contribution in [3.63, 3.8) is 0 Å². The molecule has 0 unspecified atom stereocenters. The number of alkyl halides is 2. The second-order valence-corrected chi connectivity index (χ2v) is 13.4. The summed E-state index contributed by atoms with van der Waals surface area (Å²) in [6.07, 6.45) is 17.4. The highest BCUT2D eigenvalue weighted by atomic mass is 127. The van der Waals surface area contributed by atoms with E-state index >= 15 is 0 Å². The first-order valence-electron chi connectivity index (χ1n) is 10.2. The van der Waals surface area contributed by atoms with E-state index in [1.165, 1.54) is 56.9 Å². The van der Waals surface area contributed by atoms with E-state index in [4.69, 9.17) is 0 Å². The fourth-order valence-electron chi connectivity index (χ4n) is 4.91. The quantitative estimate of drug-likeness (QED) is 0.194. The van der Waals surface area contributed by atoms with Crippen molar-refractivity contribution < 1.29 is 0 Å². The maximum Gasteiger partial charge on any atom is 0.0806 e. The summed E-state index contributed by atoms with van der Waals surface area (Å²) >= 11 is 4.88. The van der Waals surface area contributed by atoms with E-state index in [1.807, 2.05) is 0 Å². The summed E-state index contributed by atoms with van der Waals surface area (Å²) in [5.41, 5.74) is 3.03. The average Bonchev–Trinajstić information content (AvgIpc) is 2.63. The van der Waals surface area contributed by atoms with Crippen LogP contribution in [0, 0.1) is 17.8 Å². The van der Waals surface area contributed by atoms with Gasteiger partial charge in [0.05, 0.1) is 1.93 Å². The van der Waals surface area contributed by atoms with Crippen LogP contribution in [-0.4, -0.2) is 1.93 Å². The van der Waals surface area contributed by atoms with Gasteiger partial charge in [0.1, 0.15) is 0 Å². The Balaban J connectivity index is 1.47. The van der Waals surface area contributed by atoms with Crippen molar-refractivity contribution >= 4 is 45.2 Å². The minimum Gasteiger partial charge on any atom is -0.0823 e. The zero-order chi connectivity index (χ0) is 17.6. The van der Waals surface area contributed by atoms with E-state index in [0.717, 1.165) is 30.1 Å². The van der Waals surface area contributed by atoms with Crippen LogP contribution in [0.1, 0.15) is 75.3 Å². The normalized spacial score (nSPS) is 30.9. The molecule has 0 aromatic heterocycles. The molecule has 25 heavy (non-hydrogen) atoms. The zero-order valence-corrected chi connectivity index (χ0v) is 19.8. The van der Waals surface area contributed by atoms with Gasteiger partial charge in [0.2, 0.25) is 0 Å². The topological polar surface area (TPSA) is 0 Å². The summed E-state index contributed by atoms with van der Waals surface area (Å²) < 4.78 is 0.594. The van der Waals surface area contributed by atoms with Crippen LogP contribution in [0.4, 0.5) is 0 Å². The van der Waals surface area contributed by atoms with Crippen LogP contribution < -0.4 is 0 Å². The van der Waals surface area contributed by atoms with Crippen molar-refractivity contribution in [1.82, 2.24) is 0 Å². The van der Waals surface area contributed by atoms with E-state index in [2.05, 4.69) is 88.5 Å². The number of halogens is 2. The number of rotatable bonds is 5. The van der Waals surface area contributed by atoms with Gasteiger partial charge in [0, 0.05) is 0 Å². The van der Waals surface area contributed by atoms with Gasteiger partial charge >= 0.3 is 0 Å². The summed E-state index contributed by atoms with van der Waals surface area (Å²) in [6, 6.07) is 9.51. The number of hydrogen-bond acceptors (Lipinski definition) is 0. The van der Waals surface area contributed by atoms with Gasteiger partial charge in [-0.05, 0) is 79.7 Å². The van der Waals surface area contributed by atoms with Crippen LogP contribution in [0.5, 0.6) is 0 Å². The minimum absolute atomic E-state index is 0.594. The van der Waals surface area contributed by atoms with Crippen molar-refractivity contribution in [1.29, 1.82) is 0 Å².